The zero-order chi connectivity index (χ0) is 22.6. The Kier molecular flexibility index (Phi) is 12.8. The van der Waals surface area contributed by atoms with Crippen LogP contribution < -0.4 is 37.2 Å². The van der Waals surface area contributed by atoms with E-state index in [0.717, 1.165) is 6.42 Å². The molecule has 0 fully saturated rings. The SMILES string of the molecule is CC[Si](CC)(CC)C1=[C]([Ti+3])C(C(c2ccccc2)(c2ccccc2)c2ccccc2)=CC1.[Cl-].[Cl-].[Cl-]. The number of rotatable bonds is 8. The maximum absolute atomic E-state index is 2.57. The van der Waals surface area contributed by atoms with Gasteiger partial charge in [-0.25, -0.2) is 0 Å². The topological polar surface area (TPSA) is 0 Å². The van der Waals surface area contributed by atoms with Gasteiger partial charge in [-0.2, -0.15) is 0 Å². The van der Waals surface area contributed by atoms with Crippen molar-refractivity contribution in [3.63, 3.8) is 0 Å². The Hall–Kier alpha value is -1.06. The first-order chi connectivity index (χ1) is 15.6. The molecule has 0 heterocycles. The van der Waals surface area contributed by atoms with Crippen molar-refractivity contribution in [3.8, 4) is 0 Å². The molecule has 0 aromatic heterocycles. The summed E-state index contributed by atoms with van der Waals surface area (Å²) in [6, 6.07) is 37.4. The molecular weight excluding hydrogens is 543 g/mol. The second kappa shape index (κ2) is 14.0. The van der Waals surface area contributed by atoms with Crippen molar-refractivity contribution >= 4 is 8.07 Å². The van der Waals surface area contributed by atoms with Crippen molar-refractivity contribution in [2.24, 2.45) is 0 Å². The number of hydrogen-bond donors (Lipinski definition) is 0. The maximum Gasteiger partial charge on any atom is -1.00 e. The molecule has 3 aromatic carbocycles. The first-order valence-corrected chi connectivity index (χ1v) is 15.4. The van der Waals surface area contributed by atoms with Crippen LogP contribution in [-0.4, -0.2) is 8.07 Å². The minimum atomic E-state index is -1.44. The molecule has 0 bridgehead atoms. The molecule has 0 nitrogen and oxygen atoms in total. The van der Waals surface area contributed by atoms with E-state index >= 15 is 0 Å². The Labute approximate surface area is 243 Å². The zero-order valence-electron chi connectivity index (χ0n) is 20.7. The average molecular weight is 576 g/mol. The molecule has 35 heavy (non-hydrogen) atoms. The molecule has 0 N–H and O–H groups in total. The van der Waals surface area contributed by atoms with Gasteiger partial charge in [0.25, 0.3) is 0 Å². The van der Waals surface area contributed by atoms with Crippen molar-refractivity contribution in [2.45, 2.75) is 50.7 Å². The number of halogens is 3. The van der Waals surface area contributed by atoms with Crippen LogP contribution in [0.15, 0.2) is 112 Å². The summed E-state index contributed by atoms with van der Waals surface area (Å²) in [6.45, 7) is 7.28. The van der Waals surface area contributed by atoms with Crippen LogP contribution in [0.2, 0.25) is 18.1 Å². The maximum atomic E-state index is 2.57. The van der Waals surface area contributed by atoms with Crippen LogP contribution in [0.3, 0.4) is 0 Å². The van der Waals surface area contributed by atoms with E-state index in [1.54, 1.807) is 9.07 Å². The van der Waals surface area contributed by atoms with Gasteiger partial charge in [0.05, 0.1) is 0 Å². The molecule has 0 saturated heterocycles. The molecular formula is C30H33Cl3SiTi. The summed E-state index contributed by atoms with van der Waals surface area (Å²) in [5, 5.41) is 1.78. The smallest absolute Gasteiger partial charge is 1.00 e. The summed E-state index contributed by atoms with van der Waals surface area (Å²) in [5.41, 5.74) is 5.23. The monoisotopic (exact) mass is 574 g/mol. The zero-order valence-corrected chi connectivity index (χ0v) is 25.5. The minimum Gasteiger partial charge on any atom is -1.00 e. The fraction of sp³-hybridized carbons (Fsp3) is 0.267. The molecule has 182 valence electrons. The van der Waals surface area contributed by atoms with Gasteiger partial charge < -0.3 is 37.2 Å². The van der Waals surface area contributed by atoms with E-state index in [0.29, 0.717) is 0 Å². The van der Waals surface area contributed by atoms with E-state index in [-0.39, 0.29) is 42.6 Å². The summed E-state index contributed by atoms with van der Waals surface area (Å²) in [5.74, 6) is 0. The van der Waals surface area contributed by atoms with E-state index < -0.39 is 8.07 Å². The van der Waals surface area contributed by atoms with Crippen molar-refractivity contribution in [1.82, 2.24) is 0 Å². The first-order valence-electron chi connectivity index (χ1n) is 12.0. The van der Waals surface area contributed by atoms with Crippen LogP contribution in [0, 0.1) is 0 Å². The van der Waals surface area contributed by atoms with Crippen LogP contribution in [0.4, 0.5) is 0 Å². The fourth-order valence-electron chi connectivity index (χ4n) is 5.81. The normalized spacial score (nSPS) is 13.3. The average Bonchev–Trinajstić information content (AvgIpc) is 3.25. The van der Waals surface area contributed by atoms with Gasteiger partial charge in [-0.15, -0.1) is 0 Å². The standard InChI is InChI=1S/C30H33Si.3ClH.Ti/c1-4-31(5-2,6-3)29-23-22-28(24-29)30(25-16-10-7-11-17-25,26-18-12-8-13-19-26)27-20-14-9-15-21-27;;;;/h7-22H,4-6,23H2,1-3H3;3*1H;/q;;;;+3/p-3. The number of hydrogen-bond acceptors (Lipinski definition) is 0. The summed E-state index contributed by atoms with van der Waals surface area (Å²) in [6.07, 6.45) is 3.69. The van der Waals surface area contributed by atoms with Crippen LogP contribution in [-0.2, 0) is 25.9 Å². The van der Waals surface area contributed by atoms with E-state index in [1.807, 2.05) is 0 Å². The molecule has 0 spiro atoms. The second-order valence-electron chi connectivity index (χ2n) is 8.86. The van der Waals surface area contributed by atoms with Crippen molar-refractivity contribution in [3.05, 3.63) is 128 Å². The van der Waals surface area contributed by atoms with E-state index in [2.05, 4.69) is 138 Å². The van der Waals surface area contributed by atoms with E-state index in [9.17, 15) is 0 Å². The third-order valence-electron chi connectivity index (χ3n) is 7.78. The number of allylic oxidation sites excluding steroid dienone is 4. The molecule has 0 radical (unpaired) electrons. The summed E-state index contributed by atoms with van der Waals surface area (Å²) in [7, 11) is -1.44. The van der Waals surface area contributed by atoms with Gasteiger partial charge in [-0.05, 0) is 0 Å². The Morgan fingerprint density at radius 1 is 0.629 bits per heavy atom. The summed E-state index contributed by atoms with van der Waals surface area (Å²) in [4.78, 5) is 0. The summed E-state index contributed by atoms with van der Waals surface area (Å²) < 4.78 is 1.55. The van der Waals surface area contributed by atoms with Gasteiger partial charge in [-0.1, -0.05) is 0 Å². The van der Waals surface area contributed by atoms with Gasteiger partial charge in [0.2, 0.25) is 0 Å². The molecule has 0 amide bonds. The Morgan fingerprint density at radius 2 is 0.971 bits per heavy atom. The Balaban J connectivity index is 0.00000204. The molecule has 0 saturated carbocycles. The van der Waals surface area contributed by atoms with Crippen LogP contribution in [0.1, 0.15) is 43.9 Å². The van der Waals surface area contributed by atoms with Gasteiger partial charge >= 0.3 is 208 Å². The molecule has 0 atom stereocenters. The van der Waals surface area contributed by atoms with Gasteiger partial charge in [0.15, 0.2) is 0 Å². The largest absolute Gasteiger partial charge is 1.00 e. The molecule has 4 rings (SSSR count). The van der Waals surface area contributed by atoms with E-state index in [1.165, 1.54) is 40.4 Å². The quantitative estimate of drug-likeness (QED) is 0.244. The van der Waals surface area contributed by atoms with Crippen molar-refractivity contribution < 1.29 is 57.7 Å². The predicted octanol–water partition coefficient (Wildman–Crippen LogP) is -0.788. The molecule has 1 aliphatic rings. The number of benzene rings is 3. The van der Waals surface area contributed by atoms with Crippen LogP contribution in [0.5, 0.6) is 0 Å². The van der Waals surface area contributed by atoms with Crippen molar-refractivity contribution in [2.75, 3.05) is 0 Å². The fourth-order valence-corrected chi connectivity index (χ4v) is 11.6. The minimum absolute atomic E-state index is 0. The third kappa shape index (κ3) is 5.62. The molecule has 3 aromatic rings. The van der Waals surface area contributed by atoms with Gasteiger partial charge in [0, 0.05) is 0 Å². The molecule has 1 aliphatic carbocycles. The Morgan fingerprint density at radius 3 is 1.29 bits per heavy atom. The third-order valence-corrected chi connectivity index (χ3v) is 14.9. The Bertz CT molecular complexity index is 1000. The first kappa shape index (κ1) is 32.0. The molecule has 0 unspecified atom stereocenters. The second-order valence-corrected chi connectivity index (χ2v) is 14.9. The van der Waals surface area contributed by atoms with Crippen molar-refractivity contribution in [1.29, 1.82) is 0 Å². The molecule has 0 aliphatic heterocycles. The van der Waals surface area contributed by atoms with Gasteiger partial charge in [-0.3, -0.25) is 0 Å². The predicted molar refractivity (Wildman–Crippen MR) is 136 cm³/mol. The van der Waals surface area contributed by atoms with Crippen LogP contribution >= 0.6 is 0 Å². The van der Waals surface area contributed by atoms with Gasteiger partial charge in [0.1, 0.15) is 0 Å². The molecule has 5 heteroatoms. The van der Waals surface area contributed by atoms with Crippen LogP contribution in [0.25, 0.3) is 0 Å². The summed E-state index contributed by atoms with van der Waals surface area (Å²) >= 11 is 2.42. The van der Waals surface area contributed by atoms with E-state index in [4.69, 9.17) is 0 Å².